The summed E-state index contributed by atoms with van der Waals surface area (Å²) in [5.74, 6) is 0. The van der Waals surface area contributed by atoms with Gasteiger partial charge in [0, 0.05) is 25.6 Å². The monoisotopic (exact) mass is 294 g/mol. The molecule has 0 heterocycles. The van der Waals surface area contributed by atoms with Gasteiger partial charge in [-0.15, -0.1) is 0 Å². The fraction of sp³-hybridized carbons (Fsp3) is 0.316. The van der Waals surface area contributed by atoms with Crippen molar-refractivity contribution < 1.29 is 5.11 Å². The van der Waals surface area contributed by atoms with Crippen LogP contribution in [0.1, 0.15) is 17.5 Å². The van der Waals surface area contributed by atoms with Crippen molar-refractivity contribution in [3.8, 4) is 6.07 Å². The second-order valence-electron chi connectivity index (χ2n) is 5.39. The third kappa shape index (κ3) is 5.00. The summed E-state index contributed by atoms with van der Waals surface area (Å²) in [6, 6.07) is 22.6. The fourth-order valence-corrected chi connectivity index (χ4v) is 2.60. The normalized spacial score (nSPS) is 12.0. The molecule has 0 unspecified atom stereocenters. The van der Waals surface area contributed by atoms with Crippen molar-refractivity contribution in [3.05, 3.63) is 71.8 Å². The second-order valence-corrected chi connectivity index (χ2v) is 5.39. The molecule has 3 nitrogen and oxygen atoms in total. The molecule has 2 aromatic carbocycles. The SMILES string of the molecule is N#CCCN(Cc1ccccc1)[C@@H](CO)Cc1ccccc1. The Labute approximate surface area is 132 Å². The first-order valence-electron chi connectivity index (χ1n) is 7.63. The fourth-order valence-electron chi connectivity index (χ4n) is 2.60. The van der Waals surface area contributed by atoms with E-state index in [1.165, 1.54) is 11.1 Å². The Morgan fingerprint density at radius 1 is 0.955 bits per heavy atom. The van der Waals surface area contributed by atoms with Gasteiger partial charge < -0.3 is 5.11 Å². The Hall–Kier alpha value is -2.15. The van der Waals surface area contributed by atoms with E-state index in [0.717, 1.165) is 13.0 Å². The summed E-state index contributed by atoms with van der Waals surface area (Å²) in [5.41, 5.74) is 2.41. The van der Waals surface area contributed by atoms with Crippen LogP contribution in [0.15, 0.2) is 60.7 Å². The smallest absolute Gasteiger partial charge is 0.0635 e. The topological polar surface area (TPSA) is 47.3 Å². The van der Waals surface area contributed by atoms with E-state index >= 15 is 0 Å². The van der Waals surface area contributed by atoms with E-state index in [1.54, 1.807) is 0 Å². The highest BCUT2D eigenvalue weighted by molar-refractivity contribution is 5.17. The van der Waals surface area contributed by atoms with Gasteiger partial charge in [-0.25, -0.2) is 0 Å². The minimum atomic E-state index is 0.0240. The number of nitriles is 1. The lowest BCUT2D eigenvalue weighted by Gasteiger charge is -2.30. The highest BCUT2D eigenvalue weighted by atomic mass is 16.3. The van der Waals surface area contributed by atoms with Crippen LogP contribution in [0.5, 0.6) is 0 Å². The summed E-state index contributed by atoms with van der Waals surface area (Å²) in [6.45, 7) is 1.51. The summed E-state index contributed by atoms with van der Waals surface area (Å²) in [7, 11) is 0. The molecule has 0 bridgehead atoms. The zero-order chi connectivity index (χ0) is 15.6. The van der Waals surface area contributed by atoms with Gasteiger partial charge in [0.1, 0.15) is 0 Å². The first-order valence-corrected chi connectivity index (χ1v) is 7.63. The van der Waals surface area contributed by atoms with Crippen LogP contribution in [0.4, 0.5) is 0 Å². The van der Waals surface area contributed by atoms with E-state index in [4.69, 9.17) is 5.26 Å². The van der Waals surface area contributed by atoms with Crippen molar-refractivity contribution >= 4 is 0 Å². The first kappa shape index (κ1) is 16.2. The van der Waals surface area contributed by atoms with E-state index in [0.29, 0.717) is 13.0 Å². The third-order valence-electron chi connectivity index (χ3n) is 3.78. The third-order valence-corrected chi connectivity index (χ3v) is 3.78. The molecule has 1 N–H and O–H groups in total. The van der Waals surface area contributed by atoms with Crippen LogP contribution >= 0.6 is 0 Å². The maximum atomic E-state index is 9.81. The maximum absolute atomic E-state index is 9.81. The Morgan fingerprint density at radius 2 is 1.55 bits per heavy atom. The lowest BCUT2D eigenvalue weighted by atomic mass is 10.0. The van der Waals surface area contributed by atoms with Crippen LogP contribution in [0, 0.1) is 11.3 Å². The molecule has 0 amide bonds. The molecule has 2 rings (SSSR count). The standard InChI is InChI=1S/C19H22N2O/c20-12-7-13-21(15-18-10-5-2-6-11-18)19(16-22)14-17-8-3-1-4-9-17/h1-6,8-11,19,22H,7,13-16H2/t19-/m1/s1. The van der Waals surface area contributed by atoms with Crippen LogP contribution in [0.25, 0.3) is 0 Å². The average Bonchev–Trinajstić information content (AvgIpc) is 2.58. The molecule has 22 heavy (non-hydrogen) atoms. The van der Waals surface area contributed by atoms with Gasteiger partial charge in [-0.2, -0.15) is 5.26 Å². The van der Waals surface area contributed by atoms with E-state index in [1.807, 2.05) is 36.4 Å². The number of hydrogen-bond donors (Lipinski definition) is 1. The van der Waals surface area contributed by atoms with Crippen LogP contribution < -0.4 is 0 Å². The van der Waals surface area contributed by atoms with Gasteiger partial charge in [-0.1, -0.05) is 60.7 Å². The number of aliphatic hydroxyl groups is 1. The minimum Gasteiger partial charge on any atom is -0.395 e. The Kier molecular flexibility index (Phi) is 6.63. The molecule has 0 radical (unpaired) electrons. The number of benzene rings is 2. The molecular weight excluding hydrogens is 272 g/mol. The summed E-state index contributed by atoms with van der Waals surface area (Å²) < 4.78 is 0. The molecule has 1 atom stereocenters. The van der Waals surface area contributed by atoms with E-state index in [-0.39, 0.29) is 12.6 Å². The summed E-state index contributed by atoms with van der Waals surface area (Å²) in [4.78, 5) is 2.20. The predicted molar refractivity (Wildman–Crippen MR) is 88.1 cm³/mol. The molecule has 2 aromatic rings. The number of nitrogens with zero attached hydrogens (tertiary/aromatic N) is 2. The summed E-state index contributed by atoms with van der Waals surface area (Å²) in [5, 5.41) is 18.7. The van der Waals surface area contributed by atoms with Gasteiger partial charge >= 0.3 is 0 Å². The Balaban J connectivity index is 2.09. The maximum Gasteiger partial charge on any atom is 0.0635 e. The molecule has 0 saturated carbocycles. The summed E-state index contributed by atoms with van der Waals surface area (Å²) >= 11 is 0. The minimum absolute atomic E-state index is 0.0240. The quantitative estimate of drug-likeness (QED) is 0.814. The van der Waals surface area contributed by atoms with Crippen molar-refractivity contribution in [1.82, 2.24) is 4.90 Å². The van der Waals surface area contributed by atoms with E-state index in [9.17, 15) is 5.11 Å². The summed E-state index contributed by atoms with van der Waals surface area (Å²) in [6.07, 6.45) is 1.26. The largest absolute Gasteiger partial charge is 0.395 e. The lowest BCUT2D eigenvalue weighted by Crippen LogP contribution is -2.39. The van der Waals surface area contributed by atoms with Crippen molar-refractivity contribution in [1.29, 1.82) is 5.26 Å². The molecule has 0 aromatic heterocycles. The van der Waals surface area contributed by atoms with Crippen molar-refractivity contribution in [2.45, 2.75) is 25.4 Å². The average molecular weight is 294 g/mol. The molecule has 114 valence electrons. The van der Waals surface area contributed by atoms with E-state index in [2.05, 4.69) is 35.2 Å². The second kappa shape index (κ2) is 8.99. The van der Waals surface area contributed by atoms with Gasteiger partial charge in [0.2, 0.25) is 0 Å². The van der Waals surface area contributed by atoms with Gasteiger partial charge in [0.05, 0.1) is 12.7 Å². The highest BCUT2D eigenvalue weighted by Crippen LogP contribution is 2.13. The van der Waals surface area contributed by atoms with Gasteiger partial charge in [-0.3, -0.25) is 4.90 Å². The van der Waals surface area contributed by atoms with Crippen LogP contribution in [-0.2, 0) is 13.0 Å². The van der Waals surface area contributed by atoms with Crippen molar-refractivity contribution in [3.63, 3.8) is 0 Å². The molecule has 0 fully saturated rings. The Morgan fingerprint density at radius 3 is 2.09 bits per heavy atom. The van der Waals surface area contributed by atoms with Gasteiger partial charge in [0.25, 0.3) is 0 Å². The lowest BCUT2D eigenvalue weighted by molar-refractivity contribution is 0.118. The molecular formula is C19H22N2O. The zero-order valence-corrected chi connectivity index (χ0v) is 12.7. The predicted octanol–water partition coefficient (Wildman–Crippen LogP) is 3.01. The van der Waals surface area contributed by atoms with Gasteiger partial charge in [-0.05, 0) is 17.5 Å². The van der Waals surface area contributed by atoms with Gasteiger partial charge in [0.15, 0.2) is 0 Å². The molecule has 0 aliphatic heterocycles. The Bertz CT molecular complexity index is 577. The van der Waals surface area contributed by atoms with Crippen LogP contribution in [-0.4, -0.2) is 29.2 Å². The van der Waals surface area contributed by atoms with Crippen LogP contribution in [0.2, 0.25) is 0 Å². The highest BCUT2D eigenvalue weighted by Gasteiger charge is 2.18. The zero-order valence-electron chi connectivity index (χ0n) is 12.7. The molecule has 0 spiro atoms. The van der Waals surface area contributed by atoms with E-state index < -0.39 is 0 Å². The number of aliphatic hydroxyl groups excluding tert-OH is 1. The number of hydrogen-bond acceptors (Lipinski definition) is 3. The number of rotatable bonds is 8. The van der Waals surface area contributed by atoms with Crippen LogP contribution in [0.3, 0.4) is 0 Å². The first-order chi connectivity index (χ1) is 10.8. The molecule has 0 aliphatic carbocycles. The molecule has 0 aliphatic rings. The van der Waals surface area contributed by atoms with Crippen molar-refractivity contribution in [2.24, 2.45) is 0 Å². The van der Waals surface area contributed by atoms with Crippen molar-refractivity contribution in [2.75, 3.05) is 13.2 Å². The molecule has 3 heteroatoms. The molecule has 0 saturated heterocycles.